The van der Waals surface area contributed by atoms with E-state index in [1.54, 1.807) is 17.7 Å². The quantitative estimate of drug-likeness (QED) is 0.823. The Hall–Kier alpha value is -1.32. The van der Waals surface area contributed by atoms with Gasteiger partial charge in [-0.05, 0) is 30.9 Å². The number of aliphatic imine (C=N–C) groups is 1. The first-order valence-corrected chi connectivity index (χ1v) is 7.00. The summed E-state index contributed by atoms with van der Waals surface area (Å²) >= 11 is 8.15. The normalized spacial score (nSPS) is 19.4. The highest BCUT2D eigenvalue weighted by atomic mass is 35.5. The summed E-state index contributed by atoms with van der Waals surface area (Å²) in [6.07, 6.45) is 1.73. The fourth-order valence-electron chi connectivity index (χ4n) is 2.18. The Bertz CT molecular complexity index is 669. The van der Waals surface area contributed by atoms with Crippen molar-refractivity contribution in [2.75, 3.05) is 0 Å². The van der Waals surface area contributed by atoms with Gasteiger partial charge < -0.3 is 5.32 Å². The smallest absolute Gasteiger partial charge is 0.123 e. The molecule has 1 N–H and O–H groups in total. The fourth-order valence-corrected chi connectivity index (χ4v) is 3.74. The molecule has 0 spiro atoms. The Morgan fingerprint density at radius 3 is 2.83 bits per heavy atom. The van der Waals surface area contributed by atoms with Crippen LogP contribution in [0.2, 0.25) is 0 Å². The van der Waals surface area contributed by atoms with Gasteiger partial charge >= 0.3 is 0 Å². The van der Waals surface area contributed by atoms with Gasteiger partial charge in [0.1, 0.15) is 6.04 Å². The number of fused-ring (bicyclic) bond motifs is 1. The predicted octanol–water partition coefficient (Wildman–Crippen LogP) is 4.35. The molecule has 1 aliphatic rings. The molecule has 18 heavy (non-hydrogen) atoms. The van der Waals surface area contributed by atoms with Gasteiger partial charge in [-0.3, -0.25) is 4.99 Å². The minimum atomic E-state index is -0.0506. The monoisotopic (exact) mass is 276 g/mol. The number of nitrogens with zero attached hydrogens (tertiary/aromatic N) is 1. The number of nitrogens with one attached hydrogen (secondary N) is 1. The largest absolute Gasteiger partial charge is 0.349 e. The topological polar surface area (TPSA) is 24.4 Å². The summed E-state index contributed by atoms with van der Waals surface area (Å²) in [5, 5.41) is 5.13. The van der Waals surface area contributed by atoms with Crippen molar-refractivity contribution in [3.63, 3.8) is 0 Å². The number of aryl methyl sites for hydroxylation is 1. The van der Waals surface area contributed by atoms with Crippen LogP contribution in [-0.2, 0) is 0 Å². The molecule has 0 radical (unpaired) electrons. The van der Waals surface area contributed by atoms with Gasteiger partial charge in [-0.2, -0.15) is 0 Å². The van der Waals surface area contributed by atoms with Crippen molar-refractivity contribution < 1.29 is 0 Å². The van der Waals surface area contributed by atoms with Crippen LogP contribution in [0.5, 0.6) is 0 Å². The Morgan fingerprint density at radius 1 is 1.28 bits per heavy atom. The highest BCUT2D eigenvalue weighted by Gasteiger charge is 2.23. The molecule has 92 valence electrons. The van der Waals surface area contributed by atoms with Crippen LogP contribution in [-0.4, -0.2) is 6.34 Å². The van der Waals surface area contributed by atoms with E-state index in [0.29, 0.717) is 0 Å². The lowest BCUT2D eigenvalue weighted by Crippen LogP contribution is -2.17. The molecular formula is C14H13ClN2S. The van der Waals surface area contributed by atoms with Crippen LogP contribution in [0.4, 0.5) is 0 Å². The first-order chi connectivity index (χ1) is 8.68. The number of hydrogen-bond acceptors (Lipinski definition) is 3. The lowest BCUT2D eigenvalue weighted by Gasteiger charge is -2.18. The molecule has 0 saturated carbocycles. The van der Waals surface area contributed by atoms with Gasteiger partial charge in [0, 0.05) is 15.3 Å². The Kier molecular flexibility index (Phi) is 2.88. The third-order valence-electron chi connectivity index (χ3n) is 3.23. The summed E-state index contributed by atoms with van der Waals surface area (Å²) in [5.41, 5.74) is 2.26. The summed E-state index contributed by atoms with van der Waals surface area (Å²) in [5.74, 6) is 0. The van der Waals surface area contributed by atoms with E-state index in [9.17, 15) is 0 Å². The van der Waals surface area contributed by atoms with Gasteiger partial charge in [-0.1, -0.05) is 29.8 Å². The molecule has 1 aliphatic heterocycles. The zero-order valence-electron chi connectivity index (χ0n) is 10.2. The summed E-state index contributed by atoms with van der Waals surface area (Å²) in [4.78, 5) is 5.71. The Morgan fingerprint density at radius 2 is 2.06 bits per heavy atom. The van der Waals surface area contributed by atoms with Crippen molar-refractivity contribution in [1.82, 2.24) is 5.32 Å². The van der Waals surface area contributed by atoms with E-state index in [0.717, 1.165) is 10.7 Å². The molecule has 4 heteroatoms. The molecule has 1 atom stereocenters. The van der Waals surface area contributed by atoms with Crippen molar-refractivity contribution in [3.8, 4) is 0 Å². The summed E-state index contributed by atoms with van der Waals surface area (Å²) in [6.45, 7) is 4.12. The average Bonchev–Trinajstić information content (AvgIpc) is 2.71. The molecular weight excluding hydrogens is 264 g/mol. The van der Waals surface area contributed by atoms with E-state index in [1.807, 2.05) is 6.92 Å². The number of thiophene rings is 1. The van der Waals surface area contributed by atoms with Crippen LogP contribution in [0.15, 0.2) is 40.0 Å². The second kappa shape index (κ2) is 4.41. The van der Waals surface area contributed by atoms with Crippen molar-refractivity contribution >= 4 is 39.4 Å². The van der Waals surface area contributed by atoms with E-state index in [1.165, 1.54) is 20.5 Å². The van der Waals surface area contributed by atoms with E-state index in [-0.39, 0.29) is 6.04 Å². The van der Waals surface area contributed by atoms with Crippen LogP contribution in [0, 0.1) is 6.92 Å². The van der Waals surface area contributed by atoms with E-state index < -0.39 is 0 Å². The van der Waals surface area contributed by atoms with Gasteiger partial charge in [-0.15, -0.1) is 11.3 Å². The van der Waals surface area contributed by atoms with E-state index >= 15 is 0 Å². The summed E-state index contributed by atoms with van der Waals surface area (Å²) in [6, 6.07) is 8.38. The van der Waals surface area contributed by atoms with Crippen LogP contribution >= 0.6 is 22.9 Å². The number of rotatable bonds is 1. The maximum Gasteiger partial charge on any atom is 0.123 e. The Balaban J connectivity index is 2.18. The van der Waals surface area contributed by atoms with Crippen molar-refractivity contribution in [2.45, 2.75) is 19.9 Å². The van der Waals surface area contributed by atoms with Crippen LogP contribution in [0.1, 0.15) is 23.4 Å². The molecule has 2 heterocycles. The maximum absolute atomic E-state index is 6.38. The van der Waals surface area contributed by atoms with Crippen molar-refractivity contribution in [2.24, 2.45) is 4.99 Å². The SMILES string of the molecule is CC1=C(Cl)C(c2sc3ccccc3c2C)N=CN1. The molecule has 0 amide bonds. The van der Waals surface area contributed by atoms with Crippen molar-refractivity contribution in [1.29, 1.82) is 0 Å². The number of halogens is 1. The molecule has 2 nitrogen and oxygen atoms in total. The zero-order valence-corrected chi connectivity index (χ0v) is 11.8. The minimum absolute atomic E-state index is 0.0506. The molecule has 0 saturated heterocycles. The number of allylic oxidation sites excluding steroid dienone is 1. The molecule has 0 bridgehead atoms. The number of benzene rings is 1. The van der Waals surface area contributed by atoms with Crippen LogP contribution in [0.25, 0.3) is 10.1 Å². The van der Waals surface area contributed by atoms with Gasteiger partial charge in [0.25, 0.3) is 0 Å². The number of hydrogen-bond donors (Lipinski definition) is 1. The first kappa shape index (κ1) is 11.8. The van der Waals surface area contributed by atoms with Gasteiger partial charge in [0.15, 0.2) is 0 Å². The standard InChI is InChI=1S/C14H13ClN2S/c1-8-10-5-3-4-6-11(10)18-14(8)13-12(15)9(2)16-7-17-13/h3-7,13H,1-2H3,(H,16,17). The Labute approximate surface area is 115 Å². The van der Waals surface area contributed by atoms with Crippen LogP contribution < -0.4 is 5.32 Å². The van der Waals surface area contributed by atoms with Gasteiger partial charge in [0.05, 0.1) is 11.4 Å². The molecule has 3 rings (SSSR count). The molecule has 2 aromatic rings. The highest BCUT2D eigenvalue weighted by molar-refractivity contribution is 7.19. The zero-order chi connectivity index (χ0) is 12.7. The maximum atomic E-state index is 6.38. The molecule has 1 aromatic heterocycles. The second-order valence-corrected chi connectivity index (χ2v) is 5.88. The third-order valence-corrected chi connectivity index (χ3v) is 5.05. The lowest BCUT2D eigenvalue weighted by molar-refractivity contribution is 0.850. The predicted molar refractivity (Wildman–Crippen MR) is 79.5 cm³/mol. The first-order valence-electron chi connectivity index (χ1n) is 5.81. The molecule has 0 fully saturated rings. The summed E-state index contributed by atoms with van der Waals surface area (Å²) in [7, 11) is 0. The van der Waals surface area contributed by atoms with Gasteiger partial charge in [-0.25, -0.2) is 0 Å². The summed E-state index contributed by atoms with van der Waals surface area (Å²) < 4.78 is 1.29. The van der Waals surface area contributed by atoms with Crippen molar-refractivity contribution in [3.05, 3.63) is 45.4 Å². The molecule has 0 aliphatic carbocycles. The van der Waals surface area contributed by atoms with Crippen LogP contribution in [0.3, 0.4) is 0 Å². The minimum Gasteiger partial charge on any atom is -0.349 e. The second-order valence-electron chi connectivity index (χ2n) is 4.39. The van der Waals surface area contributed by atoms with E-state index in [2.05, 4.69) is 41.5 Å². The van der Waals surface area contributed by atoms with E-state index in [4.69, 9.17) is 11.6 Å². The molecule has 1 aromatic carbocycles. The third kappa shape index (κ3) is 1.74. The highest BCUT2D eigenvalue weighted by Crippen LogP contribution is 2.41. The average molecular weight is 277 g/mol. The molecule has 1 unspecified atom stereocenters. The fraction of sp³-hybridized carbons (Fsp3) is 0.214. The lowest BCUT2D eigenvalue weighted by atomic mass is 10.1. The van der Waals surface area contributed by atoms with Gasteiger partial charge in [0.2, 0.25) is 0 Å².